The average molecular weight is 373 g/mol. The Morgan fingerprint density at radius 1 is 1.35 bits per heavy atom. The molecule has 0 radical (unpaired) electrons. The van der Waals surface area contributed by atoms with Gasteiger partial charge in [0.05, 0.1) is 11.8 Å². The Bertz CT molecular complexity index is 816. The number of nitrogens with zero attached hydrogens (tertiary/aromatic N) is 3. The average Bonchev–Trinajstić information content (AvgIpc) is 3.35. The van der Waals surface area contributed by atoms with Gasteiger partial charge in [0.15, 0.2) is 5.16 Å². The molecule has 1 aliphatic carbocycles. The predicted octanol–water partition coefficient (Wildman–Crippen LogP) is 1.92. The van der Waals surface area contributed by atoms with Crippen molar-refractivity contribution in [2.24, 2.45) is 5.73 Å². The lowest BCUT2D eigenvalue weighted by molar-refractivity contribution is -0.119. The molecule has 0 saturated heterocycles. The Balaban J connectivity index is 1.61. The van der Waals surface area contributed by atoms with E-state index in [2.05, 4.69) is 15.5 Å². The number of rotatable bonds is 8. The third kappa shape index (κ3) is 4.43. The molecule has 1 aromatic carbocycles. The van der Waals surface area contributed by atoms with Crippen molar-refractivity contribution in [1.82, 2.24) is 20.1 Å². The quantitative estimate of drug-likeness (QED) is 0.688. The number of nitrogens with two attached hydrogens (primary N) is 1. The molecule has 0 spiro atoms. The van der Waals surface area contributed by atoms with Crippen molar-refractivity contribution in [2.75, 3.05) is 5.75 Å². The monoisotopic (exact) mass is 373 g/mol. The topological polar surface area (TPSA) is 103 Å². The fraction of sp³-hybridized carbons (Fsp3) is 0.444. The number of primary amides is 1. The van der Waals surface area contributed by atoms with Gasteiger partial charge in [-0.25, -0.2) is 0 Å². The van der Waals surface area contributed by atoms with Crippen molar-refractivity contribution in [1.29, 1.82) is 0 Å². The molecular formula is C18H23N5O2S. The zero-order valence-electron chi connectivity index (χ0n) is 14.9. The summed E-state index contributed by atoms with van der Waals surface area (Å²) in [7, 11) is 0. The van der Waals surface area contributed by atoms with Gasteiger partial charge in [0.2, 0.25) is 11.8 Å². The number of amides is 2. The summed E-state index contributed by atoms with van der Waals surface area (Å²) < 4.78 is 1.74. The summed E-state index contributed by atoms with van der Waals surface area (Å²) in [6.07, 6.45) is 2.10. The third-order valence-corrected chi connectivity index (χ3v) is 5.33. The number of thioether (sulfide) groups is 1. The second kappa shape index (κ2) is 7.90. The van der Waals surface area contributed by atoms with E-state index in [-0.39, 0.29) is 24.2 Å². The van der Waals surface area contributed by atoms with Gasteiger partial charge in [0.1, 0.15) is 12.4 Å². The predicted molar refractivity (Wildman–Crippen MR) is 99.7 cm³/mol. The maximum absolute atomic E-state index is 12.3. The van der Waals surface area contributed by atoms with Crippen molar-refractivity contribution in [3.63, 3.8) is 0 Å². The van der Waals surface area contributed by atoms with E-state index in [1.807, 2.05) is 38.1 Å². The molecule has 138 valence electrons. The summed E-state index contributed by atoms with van der Waals surface area (Å²) in [5, 5.41) is 11.9. The molecule has 2 amide bonds. The lowest BCUT2D eigenvalue weighted by Gasteiger charge is -2.16. The minimum Gasteiger partial charge on any atom is -0.368 e. The molecule has 0 aliphatic heterocycles. The van der Waals surface area contributed by atoms with Crippen LogP contribution in [0.3, 0.4) is 0 Å². The second-order valence-electron chi connectivity index (χ2n) is 6.60. The van der Waals surface area contributed by atoms with Gasteiger partial charge in [0.25, 0.3) is 0 Å². The Hall–Kier alpha value is -2.35. The Morgan fingerprint density at radius 2 is 2.08 bits per heavy atom. The number of nitrogens with one attached hydrogen (secondary N) is 1. The van der Waals surface area contributed by atoms with Crippen molar-refractivity contribution in [3.05, 3.63) is 41.2 Å². The number of aryl methyl sites for hydroxylation is 1. The molecule has 7 nitrogen and oxygen atoms in total. The summed E-state index contributed by atoms with van der Waals surface area (Å²) in [6, 6.07) is 7.91. The van der Waals surface area contributed by atoms with E-state index in [0.29, 0.717) is 11.1 Å². The van der Waals surface area contributed by atoms with E-state index in [1.54, 1.807) is 4.57 Å². The molecule has 1 heterocycles. The molecule has 8 heteroatoms. The third-order valence-electron chi connectivity index (χ3n) is 4.37. The first-order valence-electron chi connectivity index (χ1n) is 8.64. The fourth-order valence-electron chi connectivity index (χ4n) is 2.92. The van der Waals surface area contributed by atoms with Gasteiger partial charge in [-0.2, -0.15) is 0 Å². The molecule has 2 aromatic rings. The molecule has 26 heavy (non-hydrogen) atoms. The molecule has 0 bridgehead atoms. The summed E-state index contributed by atoms with van der Waals surface area (Å²) in [4.78, 5) is 23.7. The van der Waals surface area contributed by atoms with Crippen LogP contribution in [0, 0.1) is 6.92 Å². The second-order valence-corrected chi connectivity index (χ2v) is 7.54. The minimum absolute atomic E-state index is 0.0440. The number of carbonyl (C=O) groups is 2. The van der Waals surface area contributed by atoms with Gasteiger partial charge in [-0.3, -0.25) is 14.2 Å². The lowest BCUT2D eigenvalue weighted by Crippen LogP contribution is -2.28. The molecule has 1 atom stereocenters. The van der Waals surface area contributed by atoms with Gasteiger partial charge in [-0.1, -0.05) is 36.0 Å². The first kappa shape index (κ1) is 18.4. The van der Waals surface area contributed by atoms with Gasteiger partial charge < -0.3 is 11.1 Å². The van der Waals surface area contributed by atoms with Crippen LogP contribution in [0.5, 0.6) is 0 Å². The molecule has 1 saturated carbocycles. The highest BCUT2D eigenvalue weighted by Crippen LogP contribution is 2.40. The number of hydrogen-bond acceptors (Lipinski definition) is 5. The van der Waals surface area contributed by atoms with Crippen LogP contribution >= 0.6 is 11.8 Å². The standard InChI is InChI=1S/C18H23N5O2S/c1-11-5-3-4-6-14(11)12(2)20-16(25)10-26-18-22-21-17(13-7-8-13)23(18)9-15(19)24/h3-6,12-13H,7-10H2,1-2H3,(H2,19,24)(H,20,25)/t12-/m0/s1. The molecule has 0 unspecified atom stereocenters. The first-order chi connectivity index (χ1) is 12.5. The lowest BCUT2D eigenvalue weighted by atomic mass is 10.0. The van der Waals surface area contributed by atoms with Gasteiger partial charge in [0, 0.05) is 5.92 Å². The van der Waals surface area contributed by atoms with Gasteiger partial charge >= 0.3 is 0 Å². The van der Waals surface area contributed by atoms with E-state index >= 15 is 0 Å². The summed E-state index contributed by atoms with van der Waals surface area (Å²) in [5.74, 6) is 0.822. The van der Waals surface area contributed by atoms with Crippen LogP contribution in [0.1, 0.15) is 48.7 Å². The molecule has 1 aromatic heterocycles. The SMILES string of the molecule is Cc1ccccc1[C@H](C)NC(=O)CSc1nnc(C2CC2)n1CC(N)=O. The summed E-state index contributed by atoms with van der Waals surface area (Å²) in [5.41, 5.74) is 7.58. The zero-order chi connectivity index (χ0) is 18.7. The number of hydrogen-bond donors (Lipinski definition) is 2. The van der Waals surface area contributed by atoms with E-state index in [9.17, 15) is 9.59 Å². The number of carbonyl (C=O) groups excluding carboxylic acids is 2. The molecule has 3 rings (SSSR count). The van der Waals surface area contributed by atoms with Gasteiger partial charge in [-0.05, 0) is 37.8 Å². The van der Waals surface area contributed by atoms with Crippen LogP contribution in [-0.2, 0) is 16.1 Å². The molecule has 1 aliphatic rings. The fourth-order valence-corrected chi connectivity index (χ4v) is 3.67. The van der Waals surface area contributed by atoms with Crippen LogP contribution < -0.4 is 11.1 Å². The maximum atomic E-state index is 12.3. The number of benzene rings is 1. The Kier molecular flexibility index (Phi) is 5.61. The van der Waals surface area contributed by atoms with E-state index in [4.69, 9.17) is 5.73 Å². The molecule has 3 N–H and O–H groups in total. The van der Waals surface area contributed by atoms with Crippen LogP contribution in [0.15, 0.2) is 29.4 Å². The summed E-state index contributed by atoms with van der Waals surface area (Å²) in [6.45, 7) is 4.03. The highest BCUT2D eigenvalue weighted by atomic mass is 32.2. The van der Waals surface area contributed by atoms with Crippen LogP contribution in [0.4, 0.5) is 0 Å². The van der Waals surface area contributed by atoms with Crippen molar-refractivity contribution >= 4 is 23.6 Å². The number of aromatic nitrogens is 3. The normalized spacial score (nSPS) is 14.8. The molecular weight excluding hydrogens is 350 g/mol. The molecule has 1 fully saturated rings. The van der Waals surface area contributed by atoms with E-state index in [1.165, 1.54) is 11.8 Å². The highest BCUT2D eigenvalue weighted by Gasteiger charge is 2.31. The van der Waals surface area contributed by atoms with Crippen molar-refractivity contribution < 1.29 is 9.59 Å². The van der Waals surface area contributed by atoms with Crippen molar-refractivity contribution in [2.45, 2.75) is 50.4 Å². The maximum Gasteiger partial charge on any atom is 0.237 e. The van der Waals surface area contributed by atoms with Crippen LogP contribution in [0.25, 0.3) is 0 Å². The van der Waals surface area contributed by atoms with Crippen LogP contribution in [-0.4, -0.2) is 32.3 Å². The highest BCUT2D eigenvalue weighted by molar-refractivity contribution is 7.99. The van der Waals surface area contributed by atoms with E-state index in [0.717, 1.165) is 29.8 Å². The smallest absolute Gasteiger partial charge is 0.237 e. The van der Waals surface area contributed by atoms with E-state index < -0.39 is 5.91 Å². The summed E-state index contributed by atoms with van der Waals surface area (Å²) >= 11 is 1.27. The van der Waals surface area contributed by atoms with Gasteiger partial charge in [-0.15, -0.1) is 10.2 Å². The van der Waals surface area contributed by atoms with Crippen LogP contribution in [0.2, 0.25) is 0 Å². The Labute approximate surface area is 156 Å². The zero-order valence-corrected chi connectivity index (χ0v) is 15.8. The largest absolute Gasteiger partial charge is 0.368 e. The Morgan fingerprint density at radius 3 is 2.73 bits per heavy atom. The van der Waals surface area contributed by atoms with Crippen molar-refractivity contribution in [3.8, 4) is 0 Å². The first-order valence-corrected chi connectivity index (χ1v) is 9.63. The minimum atomic E-state index is -0.439.